The van der Waals surface area contributed by atoms with Gasteiger partial charge in [0.15, 0.2) is 0 Å². The summed E-state index contributed by atoms with van der Waals surface area (Å²) in [4.78, 5) is 12.0. The van der Waals surface area contributed by atoms with Crippen LogP contribution in [0.5, 0.6) is 0 Å². The zero-order valence-corrected chi connectivity index (χ0v) is 11.1. The Morgan fingerprint density at radius 1 is 1.40 bits per heavy atom. The molecule has 0 saturated carbocycles. The third-order valence-electron chi connectivity index (χ3n) is 2.82. The van der Waals surface area contributed by atoms with Gasteiger partial charge in [-0.05, 0) is 12.5 Å². The molecule has 0 atom stereocenters. The van der Waals surface area contributed by atoms with Crippen molar-refractivity contribution in [3.8, 4) is 0 Å². The first kappa shape index (κ1) is 14.0. The van der Waals surface area contributed by atoms with E-state index in [0.29, 0.717) is 23.9 Å². The van der Waals surface area contributed by atoms with E-state index in [1.807, 2.05) is 6.92 Å². The average Bonchev–Trinajstić information content (AvgIpc) is 2.73. The molecule has 0 aliphatic carbocycles. The summed E-state index contributed by atoms with van der Waals surface area (Å²) in [6.45, 7) is 1.88. The quantitative estimate of drug-likeness (QED) is 0.846. The van der Waals surface area contributed by atoms with E-state index in [1.165, 1.54) is 0 Å². The van der Waals surface area contributed by atoms with Crippen molar-refractivity contribution in [3.05, 3.63) is 41.2 Å². The molecule has 0 aliphatic heterocycles. The van der Waals surface area contributed by atoms with Gasteiger partial charge in [-0.1, -0.05) is 6.92 Å². The van der Waals surface area contributed by atoms with Crippen LogP contribution in [0.25, 0.3) is 0 Å². The van der Waals surface area contributed by atoms with E-state index >= 15 is 0 Å². The molecule has 0 unspecified atom stereocenters. The molecule has 1 heterocycles. The Balaban J connectivity index is 2.30. The minimum Gasteiger partial charge on any atom is -0.396 e. The summed E-state index contributed by atoms with van der Waals surface area (Å²) < 4.78 is 28.2. The first-order valence-corrected chi connectivity index (χ1v) is 6.00. The topological polar surface area (TPSA) is 72.9 Å². The Morgan fingerprint density at radius 2 is 2.10 bits per heavy atom. The highest BCUT2D eigenvalue weighted by Gasteiger charge is 2.17. The minimum atomic E-state index is -0.962. The first-order valence-electron chi connectivity index (χ1n) is 6.00. The Morgan fingerprint density at radius 3 is 2.75 bits per heavy atom. The van der Waals surface area contributed by atoms with Gasteiger partial charge in [0.1, 0.15) is 11.6 Å². The van der Waals surface area contributed by atoms with Gasteiger partial charge < -0.3 is 11.1 Å². The van der Waals surface area contributed by atoms with Gasteiger partial charge in [0.25, 0.3) is 5.91 Å². The number of carbonyl (C=O) groups is 1. The van der Waals surface area contributed by atoms with Gasteiger partial charge in [-0.25, -0.2) is 8.78 Å². The smallest absolute Gasteiger partial charge is 0.258 e. The van der Waals surface area contributed by atoms with Crippen LogP contribution in [0.2, 0.25) is 0 Å². The number of nitrogens with two attached hydrogens (primary N) is 1. The van der Waals surface area contributed by atoms with Crippen molar-refractivity contribution < 1.29 is 13.6 Å². The van der Waals surface area contributed by atoms with Crippen molar-refractivity contribution in [2.24, 2.45) is 7.05 Å². The van der Waals surface area contributed by atoms with E-state index in [4.69, 9.17) is 5.73 Å². The van der Waals surface area contributed by atoms with Gasteiger partial charge in [0, 0.05) is 19.3 Å². The molecule has 3 N–H and O–H groups in total. The predicted octanol–water partition coefficient (Wildman–Crippen LogP) is 2.10. The normalized spacial score (nSPS) is 10.6. The molecular weight excluding hydrogens is 266 g/mol. The van der Waals surface area contributed by atoms with Crippen LogP contribution in [0.3, 0.4) is 0 Å². The van der Waals surface area contributed by atoms with Crippen LogP contribution < -0.4 is 11.1 Å². The summed E-state index contributed by atoms with van der Waals surface area (Å²) >= 11 is 0. The van der Waals surface area contributed by atoms with Crippen molar-refractivity contribution in [3.63, 3.8) is 0 Å². The van der Waals surface area contributed by atoms with E-state index < -0.39 is 17.5 Å². The molecule has 2 rings (SSSR count). The fourth-order valence-corrected chi connectivity index (χ4v) is 1.83. The van der Waals surface area contributed by atoms with Crippen molar-refractivity contribution in [2.75, 3.05) is 11.1 Å². The number of carbonyl (C=O) groups excluding carboxylic acids is 1. The average molecular weight is 280 g/mol. The van der Waals surface area contributed by atoms with E-state index in [9.17, 15) is 13.6 Å². The molecule has 1 aromatic heterocycles. The zero-order chi connectivity index (χ0) is 14.9. The number of amides is 1. The second-order valence-electron chi connectivity index (χ2n) is 4.32. The number of aryl methyl sites for hydroxylation is 2. The highest BCUT2D eigenvalue weighted by Crippen LogP contribution is 2.19. The molecule has 0 aliphatic rings. The Labute approximate surface area is 114 Å². The fraction of sp³-hybridized carbons (Fsp3) is 0.231. The monoisotopic (exact) mass is 280 g/mol. The van der Waals surface area contributed by atoms with Crippen LogP contribution >= 0.6 is 0 Å². The molecule has 0 radical (unpaired) electrons. The Kier molecular flexibility index (Phi) is 3.69. The second-order valence-corrected chi connectivity index (χ2v) is 4.32. The number of nitrogen functional groups attached to an aromatic ring is 1. The lowest BCUT2D eigenvalue weighted by Crippen LogP contribution is -2.15. The molecule has 106 valence electrons. The maximum atomic E-state index is 13.6. The standard InChI is InChI=1S/C13H14F2N4O/c1-3-11-12(6-19(2)18-11)17-13(20)7-4-10(16)9(15)5-8(7)14/h4-6H,3,16H2,1-2H3,(H,17,20). The molecular formula is C13H14F2N4O. The van der Waals surface area contributed by atoms with E-state index in [0.717, 1.165) is 6.07 Å². The number of hydrogen-bond acceptors (Lipinski definition) is 3. The molecule has 2 aromatic rings. The molecule has 20 heavy (non-hydrogen) atoms. The molecule has 0 spiro atoms. The van der Waals surface area contributed by atoms with Crippen molar-refractivity contribution in [2.45, 2.75) is 13.3 Å². The predicted molar refractivity (Wildman–Crippen MR) is 71.3 cm³/mol. The molecule has 7 heteroatoms. The Bertz CT molecular complexity index is 667. The van der Waals surface area contributed by atoms with Crippen LogP contribution in [0.15, 0.2) is 18.3 Å². The van der Waals surface area contributed by atoms with Gasteiger partial charge in [0.2, 0.25) is 0 Å². The largest absolute Gasteiger partial charge is 0.396 e. The maximum Gasteiger partial charge on any atom is 0.258 e. The first-order chi connectivity index (χ1) is 9.42. The van der Waals surface area contributed by atoms with Gasteiger partial charge in [-0.2, -0.15) is 5.10 Å². The molecule has 1 amide bonds. The number of hydrogen-bond donors (Lipinski definition) is 2. The highest BCUT2D eigenvalue weighted by molar-refractivity contribution is 6.05. The van der Waals surface area contributed by atoms with Crippen LogP contribution in [-0.4, -0.2) is 15.7 Å². The number of anilines is 2. The van der Waals surface area contributed by atoms with Crippen LogP contribution in [0.1, 0.15) is 23.0 Å². The van der Waals surface area contributed by atoms with Crippen molar-refractivity contribution >= 4 is 17.3 Å². The molecule has 5 nitrogen and oxygen atoms in total. The third-order valence-corrected chi connectivity index (χ3v) is 2.82. The number of nitrogens with zero attached hydrogens (tertiary/aromatic N) is 2. The lowest BCUT2D eigenvalue weighted by atomic mass is 10.1. The summed E-state index contributed by atoms with van der Waals surface area (Å²) in [6, 6.07) is 1.57. The lowest BCUT2D eigenvalue weighted by Gasteiger charge is -2.07. The van der Waals surface area contributed by atoms with Gasteiger partial charge >= 0.3 is 0 Å². The van der Waals surface area contributed by atoms with Gasteiger partial charge in [-0.3, -0.25) is 9.48 Å². The summed E-state index contributed by atoms with van der Waals surface area (Å²) in [5, 5.41) is 6.70. The summed E-state index contributed by atoms with van der Waals surface area (Å²) in [5.74, 6) is -2.55. The number of benzene rings is 1. The fourth-order valence-electron chi connectivity index (χ4n) is 1.83. The number of halogens is 2. The Hall–Kier alpha value is -2.44. The molecule has 0 bridgehead atoms. The van der Waals surface area contributed by atoms with Gasteiger partial charge in [0.05, 0.1) is 22.6 Å². The van der Waals surface area contributed by atoms with Crippen LogP contribution in [0, 0.1) is 11.6 Å². The van der Waals surface area contributed by atoms with Crippen LogP contribution in [0.4, 0.5) is 20.2 Å². The SMILES string of the molecule is CCc1nn(C)cc1NC(=O)c1cc(N)c(F)cc1F. The number of aromatic nitrogens is 2. The molecule has 0 saturated heterocycles. The highest BCUT2D eigenvalue weighted by atomic mass is 19.1. The van der Waals surface area contributed by atoms with Crippen LogP contribution in [-0.2, 0) is 13.5 Å². The number of rotatable bonds is 3. The van der Waals surface area contributed by atoms with Crippen molar-refractivity contribution in [1.82, 2.24) is 9.78 Å². The zero-order valence-electron chi connectivity index (χ0n) is 11.1. The van der Waals surface area contributed by atoms with Crippen molar-refractivity contribution in [1.29, 1.82) is 0 Å². The van der Waals surface area contributed by atoms with E-state index in [2.05, 4.69) is 10.4 Å². The van der Waals surface area contributed by atoms with E-state index in [1.54, 1.807) is 17.9 Å². The summed E-state index contributed by atoms with van der Waals surface area (Å²) in [6.07, 6.45) is 2.23. The van der Waals surface area contributed by atoms with E-state index in [-0.39, 0.29) is 11.3 Å². The minimum absolute atomic E-state index is 0.279. The summed E-state index contributed by atoms with van der Waals surface area (Å²) in [5.41, 5.74) is 5.92. The summed E-state index contributed by atoms with van der Waals surface area (Å²) in [7, 11) is 1.71. The maximum absolute atomic E-state index is 13.6. The molecule has 1 aromatic carbocycles. The molecule has 0 fully saturated rings. The number of nitrogens with one attached hydrogen (secondary N) is 1. The second kappa shape index (κ2) is 5.28. The van der Waals surface area contributed by atoms with Gasteiger partial charge in [-0.15, -0.1) is 0 Å². The lowest BCUT2D eigenvalue weighted by molar-refractivity contribution is 0.102. The third kappa shape index (κ3) is 2.61.